The van der Waals surface area contributed by atoms with Gasteiger partial charge in [0.2, 0.25) is 17.7 Å². The van der Waals surface area contributed by atoms with E-state index in [-0.39, 0.29) is 6.42 Å². The third kappa shape index (κ3) is 5.99. The van der Waals surface area contributed by atoms with Crippen LogP contribution < -0.4 is 16.4 Å². The van der Waals surface area contributed by atoms with Crippen molar-refractivity contribution >= 4 is 23.7 Å². The summed E-state index contributed by atoms with van der Waals surface area (Å²) in [5.41, 5.74) is 6.20. The van der Waals surface area contributed by atoms with E-state index in [0.29, 0.717) is 25.1 Å². The number of carbonyl (C=O) groups is 4. The number of hydrogen-bond donors (Lipinski definition) is 6. The van der Waals surface area contributed by atoms with E-state index in [1.54, 1.807) is 0 Å². The molecule has 12 heteroatoms. The number of H-pyrrole nitrogens is 1. The first kappa shape index (κ1) is 22.3. The van der Waals surface area contributed by atoms with Gasteiger partial charge in [0.05, 0.1) is 19.0 Å². The second-order valence-electron chi connectivity index (χ2n) is 6.91. The number of rotatable bonds is 9. The van der Waals surface area contributed by atoms with Gasteiger partial charge in [0, 0.05) is 24.9 Å². The van der Waals surface area contributed by atoms with Crippen LogP contribution in [0.2, 0.25) is 0 Å². The number of carboxylic acid groups (broad SMARTS) is 1. The lowest BCUT2D eigenvalue weighted by Gasteiger charge is -2.27. The molecule has 0 radical (unpaired) electrons. The summed E-state index contributed by atoms with van der Waals surface area (Å²) in [5, 5.41) is 23.5. The lowest BCUT2D eigenvalue weighted by molar-refractivity contribution is -0.142. The SMILES string of the molecule is CC(O)C(N)C(=O)N1CCCC1C(=O)NCC(=O)NC(Cc1cnc[nH]1)C(=O)O. The predicted molar refractivity (Wildman–Crippen MR) is 99.3 cm³/mol. The van der Waals surface area contributed by atoms with Crippen LogP contribution in [0.4, 0.5) is 0 Å². The number of carbonyl (C=O) groups excluding carboxylic acids is 3. The van der Waals surface area contributed by atoms with Crippen molar-refractivity contribution in [3.05, 3.63) is 18.2 Å². The molecule has 12 nitrogen and oxygen atoms in total. The number of carboxylic acids is 1. The molecule has 2 heterocycles. The maximum absolute atomic E-state index is 12.4. The zero-order valence-electron chi connectivity index (χ0n) is 16.0. The van der Waals surface area contributed by atoms with Gasteiger partial charge in [-0.25, -0.2) is 9.78 Å². The molecule has 29 heavy (non-hydrogen) atoms. The van der Waals surface area contributed by atoms with Crippen molar-refractivity contribution in [3.8, 4) is 0 Å². The van der Waals surface area contributed by atoms with Gasteiger partial charge in [0.1, 0.15) is 18.1 Å². The number of hydrogen-bond acceptors (Lipinski definition) is 7. The van der Waals surface area contributed by atoms with Crippen LogP contribution in [0.3, 0.4) is 0 Å². The molecule has 0 saturated carbocycles. The van der Waals surface area contributed by atoms with Crippen molar-refractivity contribution in [1.82, 2.24) is 25.5 Å². The highest BCUT2D eigenvalue weighted by molar-refractivity contribution is 5.93. The number of nitrogens with one attached hydrogen (secondary N) is 3. The second-order valence-corrected chi connectivity index (χ2v) is 6.91. The largest absolute Gasteiger partial charge is 0.480 e. The number of aliphatic hydroxyl groups is 1. The Labute approximate surface area is 166 Å². The molecular formula is C17H26N6O6. The van der Waals surface area contributed by atoms with E-state index in [4.69, 9.17) is 5.73 Å². The molecular weight excluding hydrogens is 384 g/mol. The average molecular weight is 410 g/mol. The van der Waals surface area contributed by atoms with Crippen molar-refractivity contribution in [3.63, 3.8) is 0 Å². The zero-order valence-corrected chi connectivity index (χ0v) is 16.0. The first-order chi connectivity index (χ1) is 13.7. The summed E-state index contributed by atoms with van der Waals surface area (Å²) in [6, 6.07) is -3.11. The van der Waals surface area contributed by atoms with Crippen molar-refractivity contribution in [1.29, 1.82) is 0 Å². The maximum atomic E-state index is 12.4. The van der Waals surface area contributed by atoms with Crippen LogP contribution in [0.15, 0.2) is 12.5 Å². The van der Waals surface area contributed by atoms with Crippen molar-refractivity contribution < 1.29 is 29.4 Å². The molecule has 1 fully saturated rings. The molecule has 0 aromatic carbocycles. The Morgan fingerprint density at radius 2 is 2.14 bits per heavy atom. The number of amides is 3. The van der Waals surface area contributed by atoms with Crippen LogP contribution in [0.25, 0.3) is 0 Å². The first-order valence-electron chi connectivity index (χ1n) is 9.22. The van der Waals surface area contributed by atoms with Gasteiger partial charge in [0.25, 0.3) is 0 Å². The minimum absolute atomic E-state index is 0.0111. The molecule has 2 rings (SSSR count). The lowest BCUT2D eigenvalue weighted by Crippen LogP contribution is -2.55. The smallest absolute Gasteiger partial charge is 0.326 e. The Kier molecular flexibility index (Phi) is 7.67. The fraction of sp³-hybridized carbons (Fsp3) is 0.588. The molecule has 1 aromatic heterocycles. The second kappa shape index (κ2) is 9.98. The molecule has 7 N–H and O–H groups in total. The van der Waals surface area contributed by atoms with Crippen LogP contribution in [-0.4, -0.2) is 86.1 Å². The number of aliphatic carboxylic acids is 1. The number of imidazole rings is 1. The van der Waals surface area contributed by atoms with E-state index in [9.17, 15) is 29.4 Å². The average Bonchev–Trinajstić information content (AvgIpc) is 3.35. The Hall–Kier alpha value is -2.99. The summed E-state index contributed by atoms with van der Waals surface area (Å²) in [6.45, 7) is 1.28. The molecule has 160 valence electrons. The number of aromatic amines is 1. The monoisotopic (exact) mass is 410 g/mol. The molecule has 1 aromatic rings. The highest BCUT2D eigenvalue weighted by Gasteiger charge is 2.37. The first-order valence-corrected chi connectivity index (χ1v) is 9.22. The van der Waals surface area contributed by atoms with Crippen LogP contribution in [0.1, 0.15) is 25.5 Å². The topological polar surface area (TPSA) is 191 Å². The van der Waals surface area contributed by atoms with E-state index < -0.39 is 54.5 Å². The van der Waals surface area contributed by atoms with Crippen LogP contribution >= 0.6 is 0 Å². The van der Waals surface area contributed by atoms with Crippen LogP contribution in [-0.2, 0) is 25.6 Å². The Bertz CT molecular complexity index is 737. The Morgan fingerprint density at radius 1 is 1.41 bits per heavy atom. The lowest BCUT2D eigenvalue weighted by atomic mass is 10.1. The molecule has 0 aliphatic carbocycles. The standard InChI is InChI=1S/C17H26N6O6/c1-9(24)14(18)16(27)23-4-2-3-12(23)15(26)20-7-13(25)22-11(17(28)29)5-10-6-19-8-21-10/h6,8-9,11-12,14,24H,2-5,7,18H2,1H3,(H,19,21)(H,20,26)(H,22,25)(H,28,29). The zero-order chi connectivity index (χ0) is 21.6. The van der Waals surface area contributed by atoms with Gasteiger partial charge >= 0.3 is 5.97 Å². The van der Waals surface area contributed by atoms with Gasteiger partial charge in [-0.1, -0.05) is 0 Å². The van der Waals surface area contributed by atoms with E-state index >= 15 is 0 Å². The number of aromatic nitrogens is 2. The molecule has 0 bridgehead atoms. The number of nitrogens with zero attached hydrogens (tertiary/aromatic N) is 2. The fourth-order valence-electron chi connectivity index (χ4n) is 3.05. The molecule has 3 amide bonds. The summed E-state index contributed by atoms with van der Waals surface area (Å²) in [7, 11) is 0. The minimum atomic E-state index is -1.22. The Morgan fingerprint density at radius 3 is 2.72 bits per heavy atom. The normalized spacial score (nSPS) is 19.3. The molecule has 1 aliphatic heterocycles. The van der Waals surface area contributed by atoms with Gasteiger partial charge < -0.3 is 36.5 Å². The third-order valence-corrected chi connectivity index (χ3v) is 4.68. The minimum Gasteiger partial charge on any atom is -0.480 e. The molecule has 1 saturated heterocycles. The molecule has 4 atom stereocenters. The Balaban J connectivity index is 1.87. The maximum Gasteiger partial charge on any atom is 0.326 e. The quantitative estimate of drug-likeness (QED) is 0.254. The van der Waals surface area contributed by atoms with E-state index in [1.807, 2.05) is 0 Å². The van der Waals surface area contributed by atoms with Crippen LogP contribution in [0, 0.1) is 0 Å². The van der Waals surface area contributed by atoms with Gasteiger partial charge in [-0.15, -0.1) is 0 Å². The molecule has 0 spiro atoms. The number of likely N-dealkylation sites (tertiary alicyclic amines) is 1. The molecule has 4 unspecified atom stereocenters. The van der Waals surface area contributed by atoms with E-state index in [0.717, 1.165) is 0 Å². The summed E-state index contributed by atoms with van der Waals surface area (Å²) in [5.74, 6) is -2.97. The van der Waals surface area contributed by atoms with Gasteiger partial charge in [0.15, 0.2) is 0 Å². The highest BCUT2D eigenvalue weighted by Crippen LogP contribution is 2.18. The van der Waals surface area contributed by atoms with E-state index in [1.165, 1.54) is 24.3 Å². The fourth-order valence-corrected chi connectivity index (χ4v) is 3.05. The number of nitrogens with two attached hydrogens (primary N) is 1. The van der Waals surface area contributed by atoms with Crippen LogP contribution in [0.5, 0.6) is 0 Å². The summed E-state index contributed by atoms with van der Waals surface area (Å²) in [6.07, 6.45) is 2.80. The summed E-state index contributed by atoms with van der Waals surface area (Å²) >= 11 is 0. The number of aliphatic hydroxyl groups excluding tert-OH is 1. The van der Waals surface area contributed by atoms with Crippen molar-refractivity contribution in [2.24, 2.45) is 5.73 Å². The van der Waals surface area contributed by atoms with Gasteiger partial charge in [-0.2, -0.15) is 0 Å². The van der Waals surface area contributed by atoms with E-state index in [2.05, 4.69) is 20.6 Å². The van der Waals surface area contributed by atoms with Crippen molar-refractivity contribution in [2.45, 2.75) is 50.4 Å². The summed E-state index contributed by atoms with van der Waals surface area (Å²) in [4.78, 5) is 56.0. The highest BCUT2D eigenvalue weighted by atomic mass is 16.4. The predicted octanol–water partition coefficient (Wildman–Crippen LogP) is -2.66. The van der Waals surface area contributed by atoms with Crippen molar-refractivity contribution in [2.75, 3.05) is 13.1 Å². The third-order valence-electron chi connectivity index (χ3n) is 4.68. The van der Waals surface area contributed by atoms with Gasteiger partial charge in [-0.05, 0) is 19.8 Å². The van der Waals surface area contributed by atoms with Gasteiger partial charge in [-0.3, -0.25) is 14.4 Å². The summed E-state index contributed by atoms with van der Waals surface area (Å²) < 4.78 is 0. The molecule has 1 aliphatic rings.